The van der Waals surface area contributed by atoms with Crippen LogP contribution < -0.4 is 4.90 Å². The first-order chi connectivity index (χ1) is 9.38. The number of aromatic nitrogens is 1. The normalized spacial score (nSPS) is 11.2. The predicted octanol–water partition coefficient (Wildman–Crippen LogP) is 4.08. The summed E-state index contributed by atoms with van der Waals surface area (Å²) in [5.41, 5.74) is 0.180. The van der Waals surface area contributed by atoms with E-state index in [4.69, 9.17) is 16.7 Å². The number of aromatic carboxylic acids is 1. The summed E-state index contributed by atoms with van der Waals surface area (Å²) in [6, 6.07) is 3.33. The Morgan fingerprint density at radius 1 is 1.35 bits per heavy atom. The maximum absolute atomic E-state index is 11.2. The van der Waals surface area contributed by atoms with E-state index in [9.17, 15) is 4.79 Å². The highest BCUT2D eigenvalue weighted by Gasteiger charge is 2.20. The Bertz CT molecular complexity index is 459. The zero-order valence-corrected chi connectivity index (χ0v) is 13.3. The van der Waals surface area contributed by atoms with Gasteiger partial charge in [0, 0.05) is 12.6 Å². The third kappa shape index (κ3) is 4.37. The lowest BCUT2D eigenvalue weighted by molar-refractivity contribution is 0.0696. The SMILES string of the molecule is CCC(CC)N(CC(C)C)c1cc(C(=O)O)cc(Cl)n1. The molecule has 1 heterocycles. The Hall–Kier alpha value is -1.29. The highest BCUT2D eigenvalue weighted by molar-refractivity contribution is 6.29. The summed E-state index contributed by atoms with van der Waals surface area (Å²) in [4.78, 5) is 17.6. The fourth-order valence-corrected chi connectivity index (χ4v) is 2.51. The van der Waals surface area contributed by atoms with Crippen LogP contribution in [0.4, 0.5) is 5.82 Å². The van der Waals surface area contributed by atoms with Gasteiger partial charge in [0.1, 0.15) is 11.0 Å². The molecule has 1 aromatic rings. The molecule has 0 unspecified atom stereocenters. The molecule has 0 radical (unpaired) electrons. The molecule has 0 aromatic carbocycles. The average Bonchev–Trinajstić information content (AvgIpc) is 2.37. The molecule has 0 bridgehead atoms. The quantitative estimate of drug-likeness (QED) is 0.771. The first kappa shape index (κ1) is 16.8. The van der Waals surface area contributed by atoms with Crippen LogP contribution in [0.2, 0.25) is 5.15 Å². The van der Waals surface area contributed by atoms with Gasteiger partial charge < -0.3 is 10.0 Å². The number of nitrogens with zero attached hydrogens (tertiary/aromatic N) is 2. The minimum absolute atomic E-state index is 0.180. The van der Waals surface area contributed by atoms with Gasteiger partial charge in [-0.25, -0.2) is 9.78 Å². The van der Waals surface area contributed by atoms with Crippen molar-refractivity contribution in [2.75, 3.05) is 11.4 Å². The number of carbonyl (C=O) groups is 1. The van der Waals surface area contributed by atoms with Crippen molar-refractivity contribution >= 4 is 23.4 Å². The van der Waals surface area contributed by atoms with Crippen LogP contribution in [0, 0.1) is 5.92 Å². The van der Waals surface area contributed by atoms with E-state index in [1.807, 2.05) is 0 Å². The highest BCUT2D eigenvalue weighted by Crippen LogP contribution is 2.23. The first-order valence-corrected chi connectivity index (χ1v) is 7.44. The summed E-state index contributed by atoms with van der Waals surface area (Å²) in [6.07, 6.45) is 1.97. The number of halogens is 1. The van der Waals surface area contributed by atoms with E-state index < -0.39 is 5.97 Å². The van der Waals surface area contributed by atoms with Gasteiger partial charge in [-0.15, -0.1) is 0 Å². The third-order valence-corrected chi connectivity index (χ3v) is 3.46. The van der Waals surface area contributed by atoms with Crippen LogP contribution in [0.5, 0.6) is 0 Å². The molecular weight excluding hydrogens is 276 g/mol. The van der Waals surface area contributed by atoms with Crippen LogP contribution in [0.1, 0.15) is 50.9 Å². The number of hydrogen-bond donors (Lipinski definition) is 1. The molecule has 4 nitrogen and oxygen atoms in total. The van der Waals surface area contributed by atoms with Crippen molar-refractivity contribution in [3.63, 3.8) is 0 Å². The summed E-state index contributed by atoms with van der Waals surface area (Å²) in [5.74, 6) is 0.131. The fourth-order valence-electron chi connectivity index (χ4n) is 2.31. The van der Waals surface area contributed by atoms with Gasteiger partial charge in [-0.05, 0) is 30.9 Å². The predicted molar refractivity (Wildman–Crippen MR) is 82.8 cm³/mol. The maximum atomic E-state index is 11.2. The maximum Gasteiger partial charge on any atom is 0.335 e. The molecule has 0 atom stereocenters. The van der Waals surface area contributed by atoms with Crippen molar-refractivity contribution in [1.82, 2.24) is 4.98 Å². The number of anilines is 1. The summed E-state index contributed by atoms with van der Waals surface area (Å²) < 4.78 is 0. The molecule has 0 saturated heterocycles. The molecule has 1 aromatic heterocycles. The lowest BCUT2D eigenvalue weighted by Gasteiger charge is -2.33. The van der Waals surface area contributed by atoms with Crippen molar-refractivity contribution in [2.45, 2.75) is 46.6 Å². The van der Waals surface area contributed by atoms with E-state index in [2.05, 4.69) is 37.6 Å². The van der Waals surface area contributed by atoms with Crippen molar-refractivity contribution < 1.29 is 9.90 Å². The number of pyridine rings is 1. The average molecular weight is 299 g/mol. The first-order valence-electron chi connectivity index (χ1n) is 7.06. The largest absolute Gasteiger partial charge is 0.478 e. The molecule has 112 valence electrons. The monoisotopic (exact) mass is 298 g/mol. The second kappa shape index (κ2) is 7.48. The van der Waals surface area contributed by atoms with Gasteiger partial charge in [-0.1, -0.05) is 39.3 Å². The van der Waals surface area contributed by atoms with Crippen molar-refractivity contribution in [2.24, 2.45) is 5.92 Å². The second-order valence-electron chi connectivity index (χ2n) is 5.36. The summed E-state index contributed by atoms with van der Waals surface area (Å²) in [5, 5.41) is 9.37. The molecule has 0 saturated carbocycles. The number of hydrogen-bond acceptors (Lipinski definition) is 3. The van der Waals surface area contributed by atoms with E-state index >= 15 is 0 Å². The Balaban J connectivity index is 3.21. The number of carboxylic acids is 1. The summed E-state index contributed by atoms with van der Waals surface area (Å²) >= 11 is 5.96. The Morgan fingerprint density at radius 2 is 1.95 bits per heavy atom. The molecule has 5 heteroatoms. The topological polar surface area (TPSA) is 53.4 Å². The molecule has 0 aliphatic rings. The molecule has 0 aliphatic heterocycles. The zero-order valence-electron chi connectivity index (χ0n) is 12.6. The fraction of sp³-hybridized carbons (Fsp3) is 0.600. The standard InChI is InChI=1S/C15H23ClN2O2/c1-5-12(6-2)18(9-10(3)4)14-8-11(15(19)20)7-13(16)17-14/h7-8,10,12H,5-6,9H2,1-4H3,(H,19,20). The van der Waals surface area contributed by atoms with E-state index in [0.717, 1.165) is 19.4 Å². The van der Waals surface area contributed by atoms with Gasteiger partial charge in [-0.3, -0.25) is 0 Å². The molecule has 1 N–H and O–H groups in total. The third-order valence-electron chi connectivity index (χ3n) is 3.27. The van der Waals surface area contributed by atoms with Gasteiger partial charge in [0.2, 0.25) is 0 Å². The van der Waals surface area contributed by atoms with Crippen LogP contribution in [-0.4, -0.2) is 28.6 Å². The lowest BCUT2D eigenvalue weighted by Crippen LogP contribution is -2.38. The Morgan fingerprint density at radius 3 is 2.40 bits per heavy atom. The van der Waals surface area contributed by atoms with Crippen molar-refractivity contribution in [1.29, 1.82) is 0 Å². The van der Waals surface area contributed by atoms with Gasteiger partial charge in [0.15, 0.2) is 0 Å². The van der Waals surface area contributed by atoms with Gasteiger partial charge >= 0.3 is 5.97 Å². The van der Waals surface area contributed by atoms with Crippen LogP contribution in [0.25, 0.3) is 0 Å². The van der Waals surface area contributed by atoms with Gasteiger partial charge in [0.25, 0.3) is 0 Å². The molecule has 0 amide bonds. The smallest absolute Gasteiger partial charge is 0.335 e. The van der Waals surface area contributed by atoms with Gasteiger partial charge in [-0.2, -0.15) is 0 Å². The van der Waals surface area contributed by atoms with Crippen molar-refractivity contribution in [3.05, 3.63) is 22.8 Å². The summed E-state index contributed by atoms with van der Waals surface area (Å²) in [6.45, 7) is 9.36. The minimum Gasteiger partial charge on any atom is -0.478 e. The summed E-state index contributed by atoms with van der Waals surface area (Å²) in [7, 11) is 0. The van der Waals surface area contributed by atoms with Crippen LogP contribution in [-0.2, 0) is 0 Å². The highest BCUT2D eigenvalue weighted by atomic mass is 35.5. The number of rotatable bonds is 7. The lowest BCUT2D eigenvalue weighted by atomic mass is 10.1. The van der Waals surface area contributed by atoms with E-state index in [0.29, 0.717) is 17.8 Å². The molecule has 1 rings (SSSR count). The molecule has 0 aliphatic carbocycles. The van der Waals surface area contributed by atoms with Crippen molar-refractivity contribution in [3.8, 4) is 0 Å². The van der Waals surface area contributed by atoms with E-state index in [1.165, 1.54) is 6.07 Å². The Labute approximate surface area is 125 Å². The second-order valence-corrected chi connectivity index (χ2v) is 5.75. The molecule has 0 fully saturated rings. The Kier molecular flexibility index (Phi) is 6.27. The number of carboxylic acid groups (broad SMARTS) is 1. The molecular formula is C15H23ClN2O2. The van der Waals surface area contributed by atoms with Crippen LogP contribution in [0.15, 0.2) is 12.1 Å². The minimum atomic E-state index is -0.982. The molecule has 0 spiro atoms. The molecule has 20 heavy (non-hydrogen) atoms. The van der Waals surface area contributed by atoms with Crippen LogP contribution >= 0.6 is 11.6 Å². The van der Waals surface area contributed by atoms with E-state index in [-0.39, 0.29) is 10.7 Å². The van der Waals surface area contributed by atoms with E-state index in [1.54, 1.807) is 6.07 Å². The van der Waals surface area contributed by atoms with Crippen LogP contribution in [0.3, 0.4) is 0 Å². The zero-order chi connectivity index (χ0) is 15.3. The van der Waals surface area contributed by atoms with Gasteiger partial charge in [0.05, 0.1) is 5.56 Å².